The summed E-state index contributed by atoms with van der Waals surface area (Å²) in [7, 11) is 1.36. The van der Waals surface area contributed by atoms with Gasteiger partial charge in [-0.15, -0.1) is 0 Å². The van der Waals surface area contributed by atoms with Crippen LogP contribution in [0.2, 0.25) is 0 Å². The van der Waals surface area contributed by atoms with Crippen molar-refractivity contribution in [2.75, 3.05) is 13.7 Å². The number of carbonyl (C=O) groups is 1. The van der Waals surface area contributed by atoms with E-state index in [1.807, 2.05) is 0 Å². The Hall–Kier alpha value is -1.89. The van der Waals surface area contributed by atoms with Gasteiger partial charge in [-0.05, 0) is 17.7 Å². The molecule has 1 rings (SSSR count). The minimum atomic E-state index is -2.94. The average molecular weight is 288 g/mol. The third-order valence-electron chi connectivity index (χ3n) is 2.71. The zero-order valence-electron chi connectivity index (χ0n) is 11.4. The van der Waals surface area contributed by atoms with Crippen LogP contribution in [0, 0.1) is 5.92 Å². The zero-order valence-corrected chi connectivity index (χ0v) is 11.4. The molecule has 7 heteroatoms. The second kappa shape index (κ2) is 7.64. The normalized spacial score (nSPS) is 12.1. The van der Waals surface area contributed by atoms with Gasteiger partial charge < -0.3 is 20.5 Å². The van der Waals surface area contributed by atoms with Crippen LogP contribution in [0.1, 0.15) is 12.5 Å². The van der Waals surface area contributed by atoms with Gasteiger partial charge in [0.2, 0.25) is 5.91 Å². The lowest BCUT2D eigenvalue weighted by atomic mass is 10.1. The van der Waals surface area contributed by atoms with Crippen molar-refractivity contribution < 1.29 is 23.0 Å². The van der Waals surface area contributed by atoms with Crippen LogP contribution in [0.4, 0.5) is 8.78 Å². The Morgan fingerprint density at radius 2 is 2.10 bits per heavy atom. The van der Waals surface area contributed by atoms with Crippen LogP contribution < -0.4 is 20.5 Å². The Bertz CT molecular complexity index is 455. The highest BCUT2D eigenvalue weighted by Crippen LogP contribution is 2.29. The number of hydrogen-bond acceptors (Lipinski definition) is 4. The molecule has 1 amide bonds. The van der Waals surface area contributed by atoms with Gasteiger partial charge in [0.1, 0.15) is 0 Å². The van der Waals surface area contributed by atoms with Crippen LogP contribution in [-0.2, 0) is 11.3 Å². The topological polar surface area (TPSA) is 73.6 Å². The van der Waals surface area contributed by atoms with Crippen LogP contribution in [-0.4, -0.2) is 26.2 Å². The summed E-state index contributed by atoms with van der Waals surface area (Å²) in [5.41, 5.74) is 6.00. The van der Waals surface area contributed by atoms with Crippen molar-refractivity contribution >= 4 is 5.91 Å². The van der Waals surface area contributed by atoms with Crippen LogP contribution in [0.15, 0.2) is 18.2 Å². The van der Waals surface area contributed by atoms with Gasteiger partial charge in [0.25, 0.3) is 0 Å². The molecule has 0 bridgehead atoms. The van der Waals surface area contributed by atoms with Crippen molar-refractivity contribution in [1.82, 2.24) is 5.32 Å². The maximum Gasteiger partial charge on any atom is 0.387 e. The number of benzene rings is 1. The summed E-state index contributed by atoms with van der Waals surface area (Å²) in [5, 5.41) is 2.66. The molecule has 0 fully saturated rings. The van der Waals surface area contributed by atoms with E-state index >= 15 is 0 Å². The molecular formula is C13H18F2N2O3. The fourth-order valence-corrected chi connectivity index (χ4v) is 1.49. The molecule has 1 aromatic carbocycles. The van der Waals surface area contributed by atoms with Gasteiger partial charge in [0, 0.05) is 19.0 Å². The molecule has 0 saturated carbocycles. The molecule has 112 valence electrons. The molecule has 0 saturated heterocycles. The number of halogens is 2. The number of hydrogen-bond donors (Lipinski definition) is 2. The van der Waals surface area contributed by atoms with E-state index in [0.717, 1.165) is 0 Å². The van der Waals surface area contributed by atoms with Crippen molar-refractivity contribution in [2.45, 2.75) is 20.1 Å². The maximum atomic E-state index is 12.3. The van der Waals surface area contributed by atoms with Gasteiger partial charge >= 0.3 is 6.61 Å². The Morgan fingerprint density at radius 3 is 2.65 bits per heavy atom. The van der Waals surface area contributed by atoms with Crippen LogP contribution in [0.25, 0.3) is 0 Å². The molecule has 5 nitrogen and oxygen atoms in total. The maximum absolute atomic E-state index is 12.3. The van der Waals surface area contributed by atoms with E-state index in [-0.39, 0.29) is 36.4 Å². The first-order valence-corrected chi connectivity index (χ1v) is 6.07. The molecule has 0 heterocycles. The molecule has 0 radical (unpaired) electrons. The molecule has 0 spiro atoms. The van der Waals surface area contributed by atoms with Gasteiger partial charge in [-0.25, -0.2) is 0 Å². The van der Waals surface area contributed by atoms with Crippen molar-refractivity contribution in [2.24, 2.45) is 11.7 Å². The predicted molar refractivity (Wildman–Crippen MR) is 69.7 cm³/mol. The molecule has 0 aromatic heterocycles. The van der Waals surface area contributed by atoms with Gasteiger partial charge in [-0.2, -0.15) is 8.78 Å². The first-order valence-electron chi connectivity index (χ1n) is 6.07. The van der Waals surface area contributed by atoms with Gasteiger partial charge in [0.15, 0.2) is 11.5 Å². The molecule has 1 aromatic rings. The largest absolute Gasteiger partial charge is 0.493 e. The Balaban J connectivity index is 2.74. The van der Waals surface area contributed by atoms with Gasteiger partial charge in [0.05, 0.1) is 7.11 Å². The molecule has 0 aliphatic carbocycles. The summed E-state index contributed by atoms with van der Waals surface area (Å²) in [5.74, 6) is -0.360. The van der Waals surface area contributed by atoms with E-state index in [4.69, 9.17) is 10.5 Å². The number of ether oxygens (including phenoxy) is 2. The van der Waals surface area contributed by atoms with Gasteiger partial charge in [-0.1, -0.05) is 13.0 Å². The lowest BCUT2D eigenvalue weighted by Crippen LogP contribution is -2.32. The highest BCUT2D eigenvalue weighted by Gasteiger charge is 2.13. The molecular weight excluding hydrogens is 270 g/mol. The van der Waals surface area contributed by atoms with Crippen LogP contribution >= 0.6 is 0 Å². The zero-order chi connectivity index (χ0) is 15.1. The van der Waals surface area contributed by atoms with Crippen molar-refractivity contribution in [3.05, 3.63) is 23.8 Å². The highest BCUT2D eigenvalue weighted by atomic mass is 19.3. The van der Waals surface area contributed by atoms with E-state index < -0.39 is 6.61 Å². The van der Waals surface area contributed by atoms with E-state index in [1.54, 1.807) is 13.0 Å². The van der Waals surface area contributed by atoms with E-state index in [2.05, 4.69) is 10.1 Å². The van der Waals surface area contributed by atoms with Crippen molar-refractivity contribution in [3.63, 3.8) is 0 Å². The number of amides is 1. The fourth-order valence-electron chi connectivity index (χ4n) is 1.49. The summed E-state index contributed by atoms with van der Waals surface area (Å²) < 4.78 is 33.8. The summed E-state index contributed by atoms with van der Waals surface area (Å²) >= 11 is 0. The number of alkyl halides is 2. The Morgan fingerprint density at radius 1 is 1.40 bits per heavy atom. The third-order valence-corrected chi connectivity index (χ3v) is 2.71. The molecule has 0 aliphatic rings. The predicted octanol–water partition coefficient (Wildman–Crippen LogP) is 1.51. The standard InChI is InChI=1S/C13H18F2N2O3/c1-8(6-16)12(18)17-7-9-3-4-10(19-2)11(5-9)20-13(14)15/h3-5,8,13H,6-7,16H2,1-2H3,(H,17,18). The number of carbonyl (C=O) groups excluding carboxylic acids is 1. The Labute approximate surface area is 116 Å². The SMILES string of the molecule is COc1ccc(CNC(=O)C(C)CN)cc1OC(F)F. The van der Waals surface area contributed by atoms with E-state index in [0.29, 0.717) is 5.56 Å². The summed E-state index contributed by atoms with van der Waals surface area (Å²) in [4.78, 5) is 11.6. The fraction of sp³-hybridized carbons (Fsp3) is 0.462. The lowest BCUT2D eigenvalue weighted by Gasteiger charge is -2.13. The first-order chi connectivity index (χ1) is 9.47. The Kier molecular flexibility index (Phi) is 6.17. The number of nitrogens with one attached hydrogen (secondary N) is 1. The van der Waals surface area contributed by atoms with Crippen molar-refractivity contribution in [1.29, 1.82) is 0 Å². The van der Waals surface area contributed by atoms with E-state index in [1.165, 1.54) is 19.2 Å². The smallest absolute Gasteiger partial charge is 0.387 e. The number of rotatable bonds is 7. The monoisotopic (exact) mass is 288 g/mol. The third kappa shape index (κ3) is 4.65. The quantitative estimate of drug-likeness (QED) is 0.797. The summed E-state index contributed by atoms with van der Waals surface area (Å²) in [6, 6.07) is 4.56. The summed E-state index contributed by atoms with van der Waals surface area (Å²) in [6.45, 7) is -0.790. The second-order valence-electron chi connectivity index (χ2n) is 4.22. The average Bonchev–Trinajstić information content (AvgIpc) is 2.43. The van der Waals surface area contributed by atoms with Gasteiger partial charge in [-0.3, -0.25) is 4.79 Å². The van der Waals surface area contributed by atoms with Crippen LogP contribution in [0.5, 0.6) is 11.5 Å². The first kappa shape index (κ1) is 16.2. The molecule has 20 heavy (non-hydrogen) atoms. The van der Waals surface area contributed by atoms with Crippen molar-refractivity contribution in [3.8, 4) is 11.5 Å². The molecule has 1 atom stereocenters. The molecule has 3 N–H and O–H groups in total. The minimum absolute atomic E-state index is 0.0684. The highest BCUT2D eigenvalue weighted by molar-refractivity contribution is 5.78. The van der Waals surface area contributed by atoms with E-state index in [9.17, 15) is 13.6 Å². The number of nitrogens with two attached hydrogens (primary N) is 1. The number of methoxy groups -OCH3 is 1. The minimum Gasteiger partial charge on any atom is -0.493 e. The molecule has 0 aliphatic heterocycles. The summed E-state index contributed by atoms with van der Waals surface area (Å²) in [6.07, 6.45) is 0. The van der Waals surface area contributed by atoms with Crippen LogP contribution in [0.3, 0.4) is 0 Å². The molecule has 1 unspecified atom stereocenters. The lowest BCUT2D eigenvalue weighted by molar-refractivity contribution is -0.124. The second-order valence-corrected chi connectivity index (χ2v) is 4.22.